The Labute approximate surface area is 160 Å². The van der Waals surface area contributed by atoms with Crippen LogP contribution in [0.2, 0.25) is 0 Å². The van der Waals surface area contributed by atoms with Crippen LogP contribution in [0.5, 0.6) is 11.5 Å². The van der Waals surface area contributed by atoms with Crippen LogP contribution in [-0.2, 0) is 0 Å². The Morgan fingerprint density at radius 2 is 2.00 bits per heavy atom. The van der Waals surface area contributed by atoms with E-state index in [4.69, 9.17) is 15.2 Å². The van der Waals surface area contributed by atoms with Crippen LogP contribution in [0, 0.1) is 21.4 Å². The number of nitrogens with zero attached hydrogens (tertiary/aromatic N) is 2. The van der Waals surface area contributed by atoms with Crippen LogP contribution in [-0.4, -0.2) is 12.0 Å². The van der Waals surface area contributed by atoms with Crippen LogP contribution < -0.4 is 15.2 Å². The summed E-state index contributed by atoms with van der Waals surface area (Å²) in [5.74, 6) is 0.117. The molecule has 2 N–H and O–H groups in total. The molecule has 4 rings (SSSR count). The van der Waals surface area contributed by atoms with E-state index >= 15 is 0 Å². The first-order valence-electron chi connectivity index (χ1n) is 8.46. The number of nitro groups is 1. The molecule has 1 heterocycles. The van der Waals surface area contributed by atoms with Crippen molar-refractivity contribution in [3.63, 3.8) is 0 Å². The van der Waals surface area contributed by atoms with Gasteiger partial charge < -0.3 is 15.2 Å². The quantitative estimate of drug-likeness (QED) is 0.549. The Kier molecular flexibility index (Phi) is 4.09. The zero-order valence-electron chi connectivity index (χ0n) is 14.9. The van der Waals surface area contributed by atoms with Gasteiger partial charge in [0.25, 0.3) is 0 Å². The topological polar surface area (TPSA) is 111 Å². The molecule has 1 unspecified atom stereocenters. The van der Waals surface area contributed by atoms with E-state index in [2.05, 4.69) is 6.07 Å². The molecular weight excluding hydrogens is 358 g/mol. The molecule has 0 spiro atoms. The fourth-order valence-corrected chi connectivity index (χ4v) is 3.56. The minimum Gasteiger partial charge on any atom is -0.490 e. The molecule has 1 atom stereocenters. The van der Waals surface area contributed by atoms with Gasteiger partial charge in [-0.3, -0.25) is 10.1 Å². The van der Waals surface area contributed by atoms with Crippen LogP contribution in [0.4, 0.5) is 5.69 Å². The van der Waals surface area contributed by atoms with Crippen LogP contribution in [0.15, 0.2) is 66.1 Å². The third kappa shape index (κ3) is 2.59. The van der Waals surface area contributed by atoms with Gasteiger partial charge in [-0.1, -0.05) is 42.5 Å². The Morgan fingerprint density at radius 3 is 2.71 bits per heavy atom. The standard InChI is InChI=1S/C21H15N3O4/c1-27-18-9-7-13(10-17(18)24(25)26)19-15-8-6-12-4-2-3-5-14(12)20(15)28-21(23)16(19)11-22/h2-10,19H,23H2,1H3. The summed E-state index contributed by atoms with van der Waals surface area (Å²) in [5, 5.41) is 23.0. The number of hydrogen-bond donors (Lipinski definition) is 1. The van der Waals surface area contributed by atoms with Crippen molar-refractivity contribution in [1.29, 1.82) is 5.26 Å². The summed E-state index contributed by atoms with van der Waals surface area (Å²) in [4.78, 5) is 10.9. The van der Waals surface area contributed by atoms with E-state index in [1.807, 2.05) is 36.4 Å². The van der Waals surface area contributed by atoms with E-state index in [1.54, 1.807) is 6.07 Å². The summed E-state index contributed by atoms with van der Waals surface area (Å²) in [6, 6.07) is 18.2. The lowest BCUT2D eigenvalue weighted by atomic mass is 9.82. The van der Waals surface area contributed by atoms with Crippen LogP contribution in [0.25, 0.3) is 10.8 Å². The highest BCUT2D eigenvalue weighted by atomic mass is 16.6. The summed E-state index contributed by atoms with van der Waals surface area (Å²) >= 11 is 0. The van der Waals surface area contributed by atoms with Crippen LogP contribution in [0.3, 0.4) is 0 Å². The maximum atomic E-state index is 11.5. The lowest BCUT2D eigenvalue weighted by Gasteiger charge is -2.27. The second-order valence-electron chi connectivity index (χ2n) is 6.32. The first-order valence-corrected chi connectivity index (χ1v) is 8.46. The van der Waals surface area contributed by atoms with Gasteiger partial charge in [-0.15, -0.1) is 0 Å². The molecule has 1 aliphatic rings. The third-order valence-corrected chi connectivity index (χ3v) is 4.84. The van der Waals surface area contributed by atoms with E-state index in [0.717, 1.165) is 16.3 Å². The van der Waals surface area contributed by atoms with Crippen molar-refractivity contribution >= 4 is 16.5 Å². The molecule has 0 aromatic heterocycles. The number of rotatable bonds is 3. The second kappa shape index (κ2) is 6.59. The summed E-state index contributed by atoms with van der Waals surface area (Å²) in [6.45, 7) is 0. The van der Waals surface area contributed by atoms with Gasteiger partial charge in [-0.25, -0.2) is 0 Å². The number of ether oxygens (including phenoxy) is 2. The highest BCUT2D eigenvalue weighted by Crippen LogP contribution is 2.46. The lowest BCUT2D eigenvalue weighted by Crippen LogP contribution is -2.21. The Hall–Kier alpha value is -4.05. The minimum absolute atomic E-state index is 0.00479. The average molecular weight is 373 g/mol. The molecule has 28 heavy (non-hydrogen) atoms. The molecule has 1 aliphatic heterocycles. The van der Waals surface area contributed by atoms with Gasteiger partial charge in [0.2, 0.25) is 5.88 Å². The molecule has 0 bridgehead atoms. The molecule has 7 nitrogen and oxygen atoms in total. The molecule has 0 amide bonds. The number of nitro benzene ring substituents is 1. The zero-order chi connectivity index (χ0) is 19.8. The fourth-order valence-electron chi connectivity index (χ4n) is 3.56. The summed E-state index contributed by atoms with van der Waals surface area (Å²) in [7, 11) is 1.37. The number of hydrogen-bond acceptors (Lipinski definition) is 6. The molecule has 7 heteroatoms. The molecule has 0 saturated heterocycles. The Bertz CT molecular complexity index is 1190. The van der Waals surface area contributed by atoms with E-state index < -0.39 is 10.8 Å². The first kappa shape index (κ1) is 17.4. The van der Waals surface area contributed by atoms with Gasteiger partial charge >= 0.3 is 5.69 Å². The van der Waals surface area contributed by atoms with Crippen LogP contribution >= 0.6 is 0 Å². The Morgan fingerprint density at radius 1 is 1.21 bits per heavy atom. The van der Waals surface area contributed by atoms with Gasteiger partial charge in [-0.2, -0.15) is 5.26 Å². The van der Waals surface area contributed by atoms with E-state index in [9.17, 15) is 15.4 Å². The van der Waals surface area contributed by atoms with Crippen LogP contribution in [0.1, 0.15) is 17.0 Å². The zero-order valence-corrected chi connectivity index (χ0v) is 14.9. The maximum absolute atomic E-state index is 11.5. The van der Waals surface area contributed by atoms with Crippen molar-refractivity contribution in [2.45, 2.75) is 5.92 Å². The van der Waals surface area contributed by atoms with Gasteiger partial charge in [0, 0.05) is 17.0 Å². The number of nitriles is 1. The average Bonchev–Trinajstić information content (AvgIpc) is 2.72. The second-order valence-corrected chi connectivity index (χ2v) is 6.32. The molecule has 0 aliphatic carbocycles. The molecule has 138 valence electrons. The fraction of sp³-hybridized carbons (Fsp3) is 0.0952. The highest BCUT2D eigenvalue weighted by Gasteiger charge is 2.33. The summed E-state index contributed by atoms with van der Waals surface area (Å²) in [5.41, 5.74) is 7.38. The molecule has 3 aromatic rings. The number of fused-ring (bicyclic) bond motifs is 3. The predicted octanol–water partition coefficient (Wildman–Crippen LogP) is 3.97. The monoisotopic (exact) mass is 373 g/mol. The van der Waals surface area contributed by atoms with Gasteiger partial charge in [-0.05, 0) is 17.0 Å². The van der Waals surface area contributed by atoms with E-state index in [1.165, 1.54) is 19.2 Å². The maximum Gasteiger partial charge on any atom is 0.311 e. The predicted molar refractivity (Wildman–Crippen MR) is 103 cm³/mol. The number of benzene rings is 3. The number of allylic oxidation sites excluding steroid dienone is 1. The number of methoxy groups -OCH3 is 1. The summed E-state index contributed by atoms with van der Waals surface area (Å²) < 4.78 is 10.9. The van der Waals surface area contributed by atoms with Crippen molar-refractivity contribution < 1.29 is 14.4 Å². The normalized spacial score (nSPS) is 15.5. The summed E-state index contributed by atoms with van der Waals surface area (Å²) in [6.07, 6.45) is 0. The van der Waals surface area contributed by atoms with E-state index in [0.29, 0.717) is 11.3 Å². The van der Waals surface area contributed by atoms with Crippen molar-refractivity contribution in [1.82, 2.24) is 0 Å². The smallest absolute Gasteiger partial charge is 0.311 e. The molecule has 3 aromatic carbocycles. The third-order valence-electron chi connectivity index (χ3n) is 4.84. The lowest BCUT2D eigenvalue weighted by molar-refractivity contribution is -0.385. The minimum atomic E-state index is -0.581. The molecule has 0 radical (unpaired) electrons. The van der Waals surface area contributed by atoms with Gasteiger partial charge in [0.05, 0.1) is 18.0 Å². The Balaban J connectivity index is 1.99. The SMILES string of the molecule is COc1ccc(C2C(C#N)=C(N)Oc3c2ccc2ccccc32)cc1[N+](=O)[O-]. The van der Waals surface area contributed by atoms with E-state index in [-0.39, 0.29) is 22.9 Å². The van der Waals surface area contributed by atoms with Crippen molar-refractivity contribution in [3.05, 3.63) is 87.3 Å². The van der Waals surface area contributed by atoms with Gasteiger partial charge in [0.15, 0.2) is 5.75 Å². The molecule has 0 fully saturated rings. The first-order chi connectivity index (χ1) is 13.5. The van der Waals surface area contributed by atoms with Gasteiger partial charge in [0.1, 0.15) is 17.4 Å². The van der Waals surface area contributed by atoms with Crippen molar-refractivity contribution in [2.24, 2.45) is 5.73 Å². The molecular formula is C21H15N3O4. The highest BCUT2D eigenvalue weighted by molar-refractivity contribution is 5.91. The number of nitrogens with two attached hydrogens (primary N) is 1. The largest absolute Gasteiger partial charge is 0.490 e. The van der Waals surface area contributed by atoms with Crippen molar-refractivity contribution in [3.8, 4) is 17.6 Å². The molecule has 0 saturated carbocycles. The van der Waals surface area contributed by atoms with Crippen molar-refractivity contribution in [2.75, 3.05) is 7.11 Å².